The Bertz CT molecular complexity index is 524. The molecule has 7 nitrogen and oxygen atoms in total. The number of hydrogen-bond donors (Lipinski definition) is 2. The van der Waals surface area contributed by atoms with Crippen LogP contribution in [0.5, 0.6) is 0 Å². The van der Waals surface area contributed by atoms with E-state index in [9.17, 15) is 14.4 Å². The van der Waals surface area contributed by atoms with Gasteiger partial charge in [-0.2, -0.15) is 0 Å². The molecule has 8 heteroatoms. The number of halogens is 1. The minimum atomic E-state index is -1.09. The Labute approximate surface area is 140 Å². The van der Waals surface area contributed by atoms with Gasteiger partial charge >= 0.3 is 11.9 Å². The molecule has 2 atom stereocenters. The van der Waals surface area contributed by atoms with Crippen LogP contribution in [0.15, 0.2) is 30.3 Å². The van der Waals surface area contributed by atoms with E-state index in [0.29, 0.717) is 0 Å². The van der Waals surface area contributed by atoms with Gasteiger partial charge in [-0.1, -0.05) is 30.3 Å². The zero-order chi connectivity index (χ0) is 16.5. The molecule has 128 valence electrons. The molecule has 0 spiro atoms. The van der Waals surface area contributed by atoms with Gasteiger partial charge in [0.2, 0.25) is 5.91 Å². The molecular formula is C15H21ClN2O5. The van der Waals surface area contributed by atoms with Gasteiger partial charge < -0.3 is 20.5 Å². The number of nitrogens with one attached hydrogen (secondary N) is 1. The van der Waals surface area contributed by atoms with Crippen molar-refractivity contribution in [2.75, 3.05) is 14.2 Å². The molecule has 23 heavy (non-hydrogen) atoms. The Morgan fingerprint density at radius 3 is 2.26 bits per heavy atom. The number of ether oxygens (including phenoxy) is 2. The molecule has 0 saturated carbocycles. The SMILES string of the molecule is COC(=O)C[C@@H](N)C(=O)N[C@H](Cc1ccccc1)C(=O)OC.Cl. The summed E-state index contributed by atoms with van der Waals surface area (Å²) in [4.78, 5) is 34.9. The van der Waals surface area contributed by atoms with E-state index in [1.54, 1.807) is 0 Å². The minimum absolute atomic E-state index is 0. The molecule has 1 amide bonds. The molecule has 0 aromatic heterocycles. The number of carbonyl (C=O) groups is 3. The van der Waals surface area contributed by atoms with Crippen molar-refractivity contribution in [2.45, 2.75) is 24.9 Å². The molecule has 0 aliphatic heterocycles. The molecule has 0 aliphatic rings. The highest BCUT2D eigenvalue weighted by atomic mass is 35.5. The fraction of sp³-hybridized carbons (Fsp3) is 0.400. The number of benzene rings is 1. The summed E-state index contributed by atoms with van der Waals surface area (Å²) in [6.45, 7) is 0. The van der Waals surface area contributed by atoms with Gasteiger partial charge in [0.25, 0.3) is 0 Å². The first kappa shape index (κ1) is 20.9. The molecule has 0 saturated heterocycles. The molecule has 3 N–H and O–H groups in total. The van der Waals surface area contributed by atoms with Crippen molar-refractivity contribution in [3.05, 3.63) is 35.9 Å². The zero-order valence-electron chi connectivity index (χ0n) is 13.0. The predicted molar refractivity (Wildman–Crippen MR) is 85.9 cm³/mol. The molecule has 0 heterocycles. The number of amides is 1. The van der Waals surface area contributed by atoms with Crippen LogP contribution in [0.25, 0.3) is 0 Å². The third kappa shape index (κ3) is 7.12. The van der Waals surface area contributed by atoms with E-state index in [-0.39, 0.29) is 25.2 Å². The summed E-state index contributed by atoms with van der Waals surface area (Å²) in [5.74, 6) is -1.79. The second-order valence-corrected chi connectivity index (χ2v) is 4.66. The lowest BCUT2D eigenvalue weighted by atomic mass is 10.1. The first-order valence-electron chi connectivity index (χ1n) is 6.72. The van der Waals surface area contributed by atoms with E-state index in [2.05, 4.69) is 14.8 Å². The molecule has 0 radical (unpaired) electrons. The van der Waals surface area contributed by atoms with Gasteiger partial charge in [-0.15, -0.1) is 12.4 Å². The number of nitrogens with two attached hydrogens (primary N) is 1. The van der Waals surface area contributed by atoms with E-state index in [4.69, 9.17) is 5.73 Å². The Morgan fingerprint density at radius 1 is 1.13 bits per heavy atom. The Kier molecular flexibility index (Phi) is 9.60. The second kappa shape index (κ2) is 10.6. The van der Waals surface area contributed by atoms with E-state index in [1.165, 1.54) is 14.2 Å². The summed E-state index contributed by atoms with van der Waals surface area (Å²) >= 11 is 0. The highest BCUT2D eigenvalue weighted by Crippen LogP contribution is 2.05. The Balaban J connectivity index is 0.00000484. The van der Waals surface area contributed by atoms with Crippen LogP contribution in [-0.2, 0) is 30.3 Å². The summed E-state index contributed by atoms with van der Waals surface area (Å²) in [6, 6.07) is 7.20. The number of hydrogen-bond acceptors (Lipinski definition) is 6. The molecule has 0 fully saturated rings. The molecule has 1 rings (SSSR count). The van der Waals surface area contributed by atoms with Crippen molar-refractivity contribution in [2.24, 2.45) is 5.73 Å². The molecule has 1 aromatic carbocycles. The fourth-order valence-electron chi connectivity index (χ4n) is 1.82. The van der Waals surface area contributed by atoms with Crippen molar-refractivity contribution in [3.8, 4) is 0 Å². The van der Waals surface area contributed by atoms with Gasteiger partial charge in [0, 0.05) is 6.42 Å². The lowest BCUT2D eigenvalue weighted by Crippen LogP contribution is -2.50. The smallest absolute Gasteiger partial charge is 0.328 e. The Morgan fingerprint density at radius 2 is 1.74 bits per heavy atom. The van der Waals surface area contributed by atoms with Gasteiger partial charge in [0.15, 0.2) is 0 Å². The standard InChI is InChI=1S/C15H20N2O5.ClH/c1-21-13(18)9-11(16)14(19)17-12(15(20)22-2)8-10-6-4-3-5-7-10;/h3-7,11-12H,8-9,16H2,1-2H3,(H,17,19);1H/t11-,12-;/m1./s1. The van der Waals surface area contributed by atoms with E-state index in [0.717, 1.165) is 5.56 Å². The van der Waals surface area contributed by atoms with E-state index >= 15 is 0 Å². The summed E-state index contributed by atoms with van der Waals surface area (Å²) in [7, 11) is 2.44. The lowest BCUT2D eigenvalue weighted by molar-refractivity contribution is -0.145. The van der Waals surface area contributed by atoms with Crippen LogP contribution < -0.4 is 11.1 Å². The third-order valence-corrected chi connectivity index (χ3v) is 3.04. The van der Waals surface area contributed by atoms with Gasteiger partial charge in [-0.25, -0.2) is 4.79 Å². The third-order valence-electron chi connectivity index (χ3n) is 3.04. The first-order valence-corrected chi connectivity index (χ1v) is 6.72. The maximum atomic E-state index is 12.0. The fourth-order valence-corrected chi connectivity index (χ4v) is 1.82. The summed E-state index contributed by atoms with van der Waals surface area (Å²) in [5.41, 5.74) is 6.47. The zero-order valence-corrected chi connectivity index (χ0v) is 13.8. The van der Waals surface area contributed by atoms with Crippen molar-refractivity contribution in [3.63, 3.8) is 0 Å². The van der Waals surface area contributed by atoms with Crippen LogP contribution in [0.1, 0.15) is 12.0 Å². The average molecular weight is 345 g/mol. The average Bonchev–Trinajstić information content (AvgIpc) is 2.54. The van der Waals surface area contributed by atoms with E-state index < -0.39 is 29.9 Å². The summed E-state index contributed by atoms with van der Waals surface area (Å²) < 4.78 is 9.13. The molecule has 0 unspecified atom stereocenters. The molecular weight excluding hydrogens is 324 g/mol. The largest absolute Gasteiger partial charge is 0.469 e. The molecule has 0 bridgehead atoms. The maximum absolute atomic E-state index is 12.0. The van der Waals surface area contributed by atoms with Gasteiger partial charge in [0.05, 0.1) is 26.7 Å². The van der Waals surface area contributed by atoms with Gasteiger partial charge in [-0.05, 0) is 5.56 Å². The number of esters is 2. The monoisotopic (exact) mass is 344 g/mol. The topological polar surface area (TPSA) is 108 Å². The number of methoxy groups -OCH3 is 2. The quantitative estimate of drug-likeness (QED) is 0.684. The van der Waals surface area contributed by atoms with Gasteiger partial charge in [0.1, 0.15) is 6.04 Å². The molecule has 1 aromatic rings. The summed E-state index contributed by atoms with van der Waals surface area (Å²) in [6.07, 6.45) is 0.00571. The van der Waals surface area contributed by atoms with Crippen molar-refractivity contribution in [1.29, 1.82) is 0 Å². The number of carbonyl (C=O) groups excluding carboxylic acids is 3. The van der Waals surface area contributed by atoms with Crippen LogP contribution >= 0.6 is 12.4 Å². The normalized spacial score (nSPS) is 12.3. The highest BCUT2D eigenvalue weighted by molar-refractivity contribution is 5.90. The van der Waals surface area contributed by atoms with Crippen LogP contribution in [-0.4, -0.2) is 44.1 Å². The van der Waals surface area contributed by atoms with Crippen LogP contribution in [0.2, 0.25) is 0 Å². The number of rotatable bonds is 7. The van der Waals surface area contributed by atoms with Crippen LogP contribution in [0.3, 0.4) is 0 Å². The lowest BCUT2D eigenvalue weighted by Gasteiger charge is -2.19. The maximum Gasteiger partial charge on any atom is 0.328 e. The predicted octanol–water partition coefficient (Wildman–Crippen LogP) is 0.199. The second-order valence-electron chi connectivity index (χ2n) is 4.66. The minimum Gasteiger partial charge on any atom is -0.469 e. The Hall–Kier alpha value is -2.12. The van der Waals surface area contributed by atoms with Crippen LogP contribution in [0, 0.1) is 0 Å². The van der Waals surface area contributed by atoms with Crippen LogP contribution in [0.4, 0.5) is 0 Å². The molecule has 0 aliphatic carbocycles. The van der Waals surface area contributed by atoms with Crippen molar-refractivity contribution >= 4 is 30.3 Å². The first-order chi connectivity index (χ1) is 10.5. The van der Waals surface area contributed by atoms with Crippen molar-refractivity contribution in [1.82, 2.24) is 5.32 Å². The van der Waals surface area contributed by atoms with Gasteiger partial charge in [-0.3, -0.25) is 9.59 Å². The summed E-state index contributed by atoms with van der Waals surface area (Å²) in [5, 5.41) is 2.50. The van der Waals surface area contributed by atoms with Crippen molar-refractivity contribution < 1.29 is 23.9 Å². The highest BCUT2D eigenvalue weighted by Gasteiger charge is 2.26. The van der Waals surface area contributed by atoms with E-state index in [1.807, 2.05) is 30.3 Å².